The Bertz CT molecular complexity index is 1820. The lowest BCUT2D eigenvalue weighted by Crippen LogP contribution is -2.60. The molecular formula is C51H82N4O12. The van der Waals surface area contributed by atoms with E-state index in [-0.39, 0.29) is 31.6 Å². The summed E-state index contributed by atoms with van der Waals surface area (Å²) in [6.45, 7) is 17.9. The van der Waals surface area contributed by atoms with E-state index in [1.54, 1.807) is 20.8 Å². The van der Waals surface area contributed by atoms with Crippen molar-refractivity contribution in [3.05, 3.63) is 60.2 Å². The van der Waals surface area contributed by atoms with Crippen LogP contribution in [0.25, 0.3) is 0 Å². The first-order valence-corrected chi connectivity index (χ1v) is 24.2. The number of ketones is 1. The predicted octanol–water partition coefficient (Wildman–Crippen LogP) is 5.49. The highest BCUT2D eigenvalue weighted by molar-refractivity contribution is 6.00. The average Bonchev–Trinajstić information content (AvgIpc) is 3.30. The number of rotatable bonds is 21. The number of oxime groups is 1. The molecule has 67 heavy (non-hydrogen) atoms. The van der Waals surface area contributed by atoms with Gasteiger partial charge in [-0.05, 0) is 117 Å². The van der Waals surface area contributed by atoms with Crippen molar-refractivity contribution in [3.63, 3.8) is 0 Å². The van der Waals surface area contributed by atoms with Crippen LogP contribution in [0.1, 0.15) is 93.1 Å². The molecule has 4 rings (SSSR count). The molecule has 2 aliphatic heterocycles. The number of nitrogens with one attached hydrogen (secondary N) is 2. The van der Waals surface area contributed by atoms with Gasteiger partial charge in [0, 0.05) is 57.2 Å². The molecule has 13 atom stereocenters. The maximum absolute atomic E-state index is 14.2. The Labute approximate surface area is 399 Å². The lowest BCUT2D eigenvalue weighted by molar-refractivity contribution is -0.295. The Kier molecular flexibility index (Phi) is 22.6. The van der Waals surface area contributed by atoms with E-state index in [1.165, 1.54) is 21.0 Å². The smallest absolute Gasteiger partial charge is 0.316 e. The van der Waals surface area contributed by atoms with Gasteiger partial charge in [0.1, 0.15) is 41.8 Å². The quantitative estimate of drug-likeness (QED) is 0.0455. The molecular weight excluding hydrogens is 861 g/mol. The molecule has 2 aliphatic rings. The van der Waals surface area contributed by atoms with Gasteiger partial charge in [-0.3, -0.25) is 9.59 Å². The summed E-state index contributed by atoms with van der Waals surface area (Å²) in [6, 6.07) is 17.5. The molecule has 0 spiro atoms. The van der Waals surface area contributed by atoms with Gasteiger partial charge in [-0.25, -0.2) is 0 Å². The lowest BCUT2D eigenvalue weighted by Gasteiger charge is -2.47. The van der Waals surface area contributed by atoms with Crippen LogP contribution < -0.4 is 15.4 Å². The van der Waals surface area contributed by atoms with Crippen LogP contribution in [-0.4, -0.2) is 152 Å². The van der Waals surface area contributed by atoms with Gasteiger partial charge in [0.2, 0.25) is 0 Å². The van der Waals surface area contributed by atoms with Crippen LogP contribution >= 0.6 is 0 Å². The molecule has 16 nitrogen and oxygen atoms in total. The number of ether oxygens (including phenoxy) is 6. The van der Waals surface area contributed by atoms with Crippen molar-refractivity contribution in [2.75, 3.05) is 60.7 Å². The number of benzene rings is 2. The first-order chi connectivity index (χ1) is 31.8. The summed E-state index contributed by atoms with van der Waals surface area (Å²) in [4.78, 5) is 35.7. The fourth-order valence-electron chi connectivity index (χ4n) is 9.26. The molecule has 0 saturated carbocycles. The third kappa shape index (κ3) is 16.0. The molecule has 2 aromatic carbocycles. The monoisotopic (exact) mass is 943 g/mol. The molecule has 0 amide bonds. The Balaban J connectivity index is 1.35. The number of methoxy groups -OCH3 is 1. The topological polar surface area (TPSA) is 199 Å². The predicted molar refractivity (Wildman–Crippen MR) is 257 cm³/mol. The van der Waals surface area contributed by atoms with Crippen LogP contribution in [0.5, 0.6) is 11.5 Å². The fourth-order valence-corrected chi connectivity index (χ4v) is 9.26. The van der Waals surface area contributed by atoms with Gasteiger partial charge in [-0.2, -0.15) is 0 Å². The maximum atomic E-state index is 14.2. The van der Waals surface area contributed by atoms with Gasteiger partial charge in [0.15, 0.2) is 12.1 Å². The van der Waals surface area contributed by atoms with Crippen molar-refractivity contribution in [3.8, 4) is 11.5 Å². The first kappa shape index (κ1) is 56.0. The summed E-state index contributed by atoms with van der Waals surface area (Å²) >= 11 is 0. The minimum atomic E-state index is -1.92. The number of para-hydroxylation sites is 1. The van der Waals surface area contributed by atoms with E-state index >= 15 is 0 Å². The van der Waals surface area contributed by atoms with Crippen molar-refractivity contribution in [1.29, 1.82) is 0 Å². The zero-order valence-corrected chi connectivity index (χ0v) is 41.9. The van der Waals surface area contributed by atoms with E-state index in [0.29, 0.717) is 38.4 Å². The molecule has 16 heteroatoms. The third-order valence-corrected chi connectivity index (χ3v) is 13.4. The van der Waals surface area contributed by atoms with Crippen LogP contribution in [0.4, 0.5) is 0 Å². The van der Waals surface area contributed by atoms with Gasteiger partial charge in [-0.15, -0.1) is 0 Å². The standard InChI is InChI=1S/C51H82N4O12/c1-12-42-51(8,60)46(58)35(4)43(54-63-28-25-52-23-17-26-62-27-18-24-53-32-38-19-16-22-40(30-38)65-39-20-14-13-15-21-39)33(2)31-50(7,61-11)47(36(5)44(56)37(6)48(59)66-42)67-49-45(57)41(55(9)10)29-34(3)64-49/h13-16,19-22,30,33-37,41-42,45-47,49,52-53,57-58,60H,12,17-18,23-29,31-32H2,1-11H3/t33-,34-,35+,36+,37-,41+,42-,45-,46-,47-,49+,50+,51-/m1/s1. The number of aliphatic hydroxyl groups is 3. The number of hydrogen-bond acceptors (Lipinski definition) is 16. The van der Waals surface area contributed by atoms with E-state index < -0.39 is 77.3 Å². The van der Waals surface area contributed by atoms with Crippen molar-refractivity contribution in [1.82, 2.24) is 15.5 Å². The summed E-state index contributed by atoms with van der Waals surface area (Å²) in [5, 5.41) is 46.6. The number of aliphatic hydroxyl groups excluding tert-OH is 2. The second-order valence-electron chi connectivity index (χ2n) is 19.1. The molecule has 378 valence electrons. The van der Waals surface area contributed by atoms with Crippen LogP contribution in [0.2, 0.25) is 0 Å². The molecule has 5 N–H and O–H groups in total. The number of esters is 1. The normalized spacial score (nSPS) is 33.1. The molecule has 0 aromatic heterocycles. The van der Waals surface area contributed by atoms with E-state index in [9.17, 15) is 24.9 Å². The van der Waals surface area contributed by atoms with Crippen molar-refractivity contribution in [2.24, 2.45) is 28.8 Å². The minimum Gasteiger partial charge on any atom is -0.459 e. The van der Waals surface area contributed by atoms with Crippen LogP contribution in [0.3, 0.4) is 0 Å². The number of hydrogen-bond donors (Lipinski definition) is 5. The second kappa shape index (κ2) is 27.0. The molecule has 2 heterocycles. The summed E-state index contributed by atoms with van der Waals surface area (Å²) in [7, 11) is 5.28. The zero-order valence-electron chi connectivity index (χ0n) is 41.9. The highest BCUT2D eigenvalue weighted by Crippen LogP contribution is 2.39. The van der Waals surface area contributed by atoms with Gasteiger partial charge >= 0.3 is 5.97 Å². The molecule has 2 aromatic rings. The van der Waals surface area contributed by atoms with E-state index in [4.69, 9.17) is 33.3 Å². The largest absolute Gasteiger partial charge is 0.459 e. The first-order valence-electron chi connectivity index (χ1n) is 24.2. The second-order valence-corrected chi connectivity index (χ2v) is 19.1. The van der Waals surface area contributed by atoms with Crippen molar-refractivity contribution < 1.29 is 58.2 Å². The molecule has 0 unspecified atom stereocenters. The molecule has 0 bridgehead atoms. The number of carbonyl (C=O) groups is 2. The summed E-state index contributed by atoms with van der Waals surface area (Å²) in [6.07, 6.45) is -3.38. The van der Waals surface area contributed by atoms with Crippen LogP contribution in [0, 0.1) is 23.7 Å². The minimum absolute atomic E-state index is 0.170. The molecule has 2 saturated heterocycles. The summed E-state index contributed by atoms with van der Waals surface area (Å²) < 4.78 is 36.7. The number of Topliss-reactive ketones (excluding diaryl/α,β-unsaturated/α-hetero) is 1. The Morgan fingerprint density at radius 3 is 2.21 bits per heavy atom. The SMILES string of the molecule is CC[C@H]1OC(=O)[C@H](C)C(=O)[C@H](C)[C@@H](O[C@@H]2O[C@H](C)C[C@H](N(C)C)[C@H]2O)[C@@](C)(OC)C[C@@H](C)C(=NOCCNCCCOCCCNCc2cccc(Oc3ccccc3)c2)[C@H](C)[C@@H](O)[C@]1(C)O. The van der Waals surface area contributed by atoms with Crippen LogP contribution in [-0.2, 0) is 44.7 Å². The van der Waals surface area contributed by atoms with Crippen molar-refractivity contribution >= 4 is 17.5 Å². The Hall–Kier alpha value is -3.55. The summed E-state index contributed by atoms with van der Waals surface area (Å²) in [5.41, 5.74) is -1.57. The number of carbonyl (C=O) groups excluding carboxylic acids is 2. The van der Waals surface area contributed by atoms with Gasteiger partial charge < -0.3 is 64.1 Å². The maximum Gasteiger partial charge on any atom is 0.316 e. The van der Waals surface area contributed by atoms with Gasteiger partial charge in [0.25, 0.3) is 0 Å². The van der Waals surface area contributed by atoms with E-state index in [0.717, 1.165) is 43.0 Å². The Morgan fingerprint density at radius 2 is 1.55 bits per heavy atom. The average molecular weight is 943 g/mol. The Morgan fingerprint density at radius 1 is 0.881 bits per heavy atom. The molecule has 2 fully saturated rings. The molecule has 0 radical (unpaired) electrons. The zero-order chi connectivity index (χ0) is 49.3. The van der Waals surface area contributed by atoms with Crippen molar-refractivity contribution in [2.45, 2.75) is 148 Å². The number of cyclic esters (lactones) is 1. The van der Waals surface area contributed by atoms with E-state index in [1.807, 2.05) is 88.3 Å². The molecule has 0 aliphatic carbocycles. The highest BCUT2D eigenvalue weighted by atomic mass is 16.7. The van der Waals surface area contributed by atoms with Crippen LogP contribution in [0.15, 0.2) is 59.8 Å². The number of likely N-dealkylation sites (N-methyl/N-ethyl adjacent to an activating group) is 1. The number of nitrogens with zero attached hydrogens (tertiary/aromatic N) is 2. The fraction of sp³-hybridized carbons (Fsp3) is 0.706. The van der Waals surface area contributed by atoms with E-state index in [2.05, 4.69) is 21.9 Å². The van der Waals surface area contributed by atoms with Gasteiger partial charge in [-0.1, -0.05) is 63.2 Å². The van der Waals surface area contributed by atoms with Gasteiger partial charge in [0.05, 0.1) is 29.6 Å². The third-order valence-electron chi connectivity index (χ3n) is 13.4. The highest BCUT2D eigenvalue weighted by Gasteiger charge is 2.51. The summed E-state index contributed by atoms with van der Waals surface area (Å²) in [5.74, 6) is -3.12. The lowest BCUT2D eigenvalue weighted by atomic mass is 9.74.